The first-order valence-electron chi connectivity index (χ1n) is 6.87. The molecule has 1 aliphatic rings. The van der Waals surface area contributed by atoms with Gasteiger partial charge in [-0.25, -0.2) is 4.79 Å². The number of carbonyl (C=O) groups is 2. The molecule has 0 bridgehead atoms. The van der Waals surface area contributed by atoms with Gasteiger partial charge >= 0.3 is 5.97 Å². The second-order valence-electron chi connectivity index (χ2n) is 4.77. The van der Waals surface area contributed by atoms with Crippen LogP contribution in [0.2, 0.25) is 0 Å². The molecule has 0 unspecified atom stereocenters. The molecule has 1 N–H and O–H groups in total. The van der Waals surface area contributed by atoms with Gasteiger partial charge < -0.3 is 14.7 Å². The number of piperidine rings is 1. The van der Waals surface area contributed by atoms with Crippen LogP contribution in [-0.2, 0) is 9.53 Å². The minimum atomic E-state index is -0.539. The van der Waals surface area contributed by atoms with Crippen LogP contribution in [0, 0.1) is 0 Å². The van der Waals surface area contributed by atoms with E-state index in [1.807, 2.05) is 6.07 Å². The third-order valence-corrected chi connectivity index (χ3v) is 3.39. The number of rotatable bonds is 4. The van der Waals surface area contributed by atoms with E-state index in [9.17, 15) is 9.59 Å². The van der Waals surface area contributed by atoms with Crippen LogP contribution in [0.4, 0.5) is 0 Å². The summed E-state index contributed by atoms with van der Waals surface area (Å²) in [5.41, 5.74) is 0.578. The van der Waals surface area contributed by atoms with E-state index in [1.165, 1.54) is 0 Å². The molecular weight excluding hydrogens is 258 g/mol. The molecule has 1 aromatic rings. The average molecular weight is 277 g/mol. The third kappa shape index (κ3) is 3.36. The number of benzene rings is 1. The van der Waals surface area contributed by atoms with Crippen molar-refractivity contribution in [2.45, 2.75) is 25.3 Å². The van der Waals surface area contributed by atoms with Crippen LogP contribution in [0.1, 0.15) is 29.6 Å². The van der Waals surface area contributed by atoms with Crippen LogP contribution < -0.4 is 0 Å². The van der Waals surface area contributed by atoms with Crippen LogP contribution in [0.3, 0.4) is 0 Å². The summed E-state index contributed by atoms with van der Waals surface area (Å²) in [6.07, 6.45) is 2.41. The maximum atomic E-state index is 12.5. The van der Waals surface area contributed by atoms with Gasteiger partial charge in [0.05, 0.1) is 6.61 Å². The smallest absolute Gasteiger partial charge is 0.328 e. The predicted molar refractivity (Wildman–Crippen MR) is 73.2 cm³/mol. The highest BCUT2D eigenvalue weighted by atomic mass is 16.5. The Labute approximate surface area is 118 Å². The van der Waals surface area contributed by atoms with Gasteiger partial charge in [-0.2, -0.15) is 0 Å². The van der Waals surface area contributed by atoms with E-state index in [0.717, 1.165) is 12.8 Å². The van der Waals surface area contributed by atoms with Crippen molar-refractivity contribution in [1.29, 1.82) is 0 Å². The molecular formula is C15H19NO4. The average Bonchev–Trinajstić information content (AvgIpc) is 2.52. The number of esters is 1. The van der Waals surface area contributed by atoms with Gasteiger partial charge in [-0.15, -0.1) is 0 Å². The molecule has 0 aromatic heterocycles. The second kappa shape index (κ2) is 7.05. The molecule has 1 aromatic carbocycles. The Bertz CT molecular complexity index is 460. The number of ether oxygens (including phenoxy) is 1. The highest BCUT2D eigenvalue weighted by Crippen LogP contribution is 2.20. The first-order chi connectivity index (χ1) is 9.74. The third-order valence-electron chi connectivity index (χ3n) is 3.39. The van der Waals surface area contributed by atoms with Gasteiger partial charge in [-0.05, 0) is 31.4 Å². The Hall–Kier alpha value is -1.88. The number of carbonyl (C=O) groups excluding carboxylic acids is 2. The van der Waals surface area contributed by atoms with E-state index in [1.54, 1.807) is 29.2 Å². The molecule has 0 spiro atoms. The highest BCUT2D eigenvalue weighted by molar-refractivity contribution is 5.96. The van der Waals surface area contributed by atoms with Crippen LogP contribution in [0.5, 0.6) is 0 Å². The van der Waals surface area contributed by atoms with E-state index in [-0.39, 0.29) is 19.1 Å². The fourth-order valence-electron chi connectivity index (χ4n) is 2.41. The van der Waals surface area contributed by atoms with Gasteiger partial charge in [0.2, 0.25) is 0 Å². The van der Waals surface area contributed by atoms with Crippen LogP contribution in [0.15, 0.2) is 30.3 Å². The van der Waals surface area contributed by atoms with Crippen LogP contribution in [-0.4, -0.2) is 47.7 Å². The molecule has 1 amide bonds. The second-order valence-corrected chi connectivity index (χ2v) is 4.77. The molecule has 108 valence electrons. The molecule has 2 rings (SSSR count). The molecule has 5 nitrogen and oxygen atoms in total. The van der Waals surface area contributed by atoms with Crippen molar-refractivity contribution in [2.75, 3.05) is 19.8 Å². The maximum absolute atomic E-state index is 12.5. The lowest BCUT2D eigenvalue weighted by Gasteiger charge is -2.34. The Morgan fingerprint density at radius 2 is 2.00 bits per heavy atom. The summed E-state index contributed by atoms with van der Waals surface area (Å²) in [7, 11) is 0. The Balaban J connectivity index is 2.10. The Kier molecular flexibility index (Phi) is 5.12. The molecule has 0 radical (unpaired) electrons. The molecule has 1 atom stereocenters. The number of hydrogen-bond donors (Lipinski definition) is 1. The molecule has 5 heteroatoms. The van der Waals surface area contributed by atoms with E-state index >= 15 is 0 Å². The normalized spacial score (nSPS) is 18.6. The summed E-state index contributed by atoms with van der Waals surface area (Å²) in [6, 6.07) is 8.40. The Morgan fingerprint density at radius 1 is 1.25 bits per heavy atom. The number of likely N-dealkylation sites (tertiary alicyclic amines) is 1. The van der Waals surface area contributed by atoms with Gasteiger partial charge in [0.15, 0.2) is 0 Å². The standard InChI is InChI=1S/C15H19NO4/c17-10-11-20-15(19)13-8-4-5-9-16(13)14(18)12-6-2-1-3-7-12/h1-3,6-7,13,17H,4-5,8-11H2/t13-/m0/s1. The summed E-state index contributed by atoms with van der Waals surface area (Å²) in [6.45, 7) is 0.334. The number of aliphatic hydroxyl groups excluding tert-OH is 1. The lowest BCUT2D eigenvalue weighted by molar-refractivity contribution is -0.151. The van der Waals surface area contributed by atoms with Crippen molar-refractivity contribution < 1.29 is 19.4 Å². The Morgan fingerprint density at radius 3 is 2.70 bits per heavy atom. The number of aliphatic hydroxyl groups is 1. The van der Waals surface area contributed by atoms with Gasteiger partial charge in [0.25, 0.3) is 5.91 Å². The summed E-state index contributed by atoms with van der Waals surface area (Å²) in [5.74, 6) is -0.570. The molecule has 1 saturated heterocycles. The maximum Gasteiger partial charge on any atom is 0.328 e. The monoisotopic (exact) mass is 277 g/mol. The van der Waals surface area contributed by atoms with E-state index in [0.29, 0.717) is 18.5 Å². The van der Waals surface area contributed by atoms with Crippen molar-refractivity contribution in [1.82, 2.24) is 4.90 Å². The summed E-state index contributed by atoms with van der Waals surface area (Å²) < 4.78 is 4.96. The van der Waals surface area contributed by atoms with E-state index in [4.69, 9.17) is 9.84 Å². The van der Waals surface area contributed by atoms with Gasteiger partial charge in [0, 0.05) is 12.1 Å². The predicted octanol–water partition coefficient (Wildman–Crippen LogP) is 1.22. The van der Waals surface area contributed by atoms with Gasteiger partial charge in [-0.1, -0.05) is 18.2 Å². The first-order valence-corrected chi connectivity index (χ1v) is 6.87. The van der Waals surface area contributed by atoms with Crippen molar-refractivity contribution in [3.8, 4) is 0 Å². The molecule has 20 heavy (non-hydrogen) atoms. The van der Waals surface area contributed by atoms with E-state index < -0.39 is 12.0 Å². The van der Waals surface area contributed by atoms with Crippen molar-refractivity contribution in [3.63, 3.8) is 0 Å². The minimum Gasteiger partial charge on any atom is -0.462 e. The SMILES string of the molecule is O=C(OCCO)[C@@H]1CCCCN1C(=O)c1ccccc1. The van der Waals surface area contributed by atoms with Crippen molar-refractivity contribution >= 4 is 11.9 Å². The summed E-state index contributed by atoms with van der Waals surface area (Å²) in [5, 5.41) is 8.71. The van der Waals surface area contributed by atoms with Gasteiger partial charge in [-0.3, -0.25) is 4.79 Å². The highest BCUT2D eigenvalue weighted by Gasteiger charge is 2.33. The lowest BCUT2D eigenvalue weighted by Crippen LogP contribution is -2.48. The quantitative estimate of drug-likeness (QED) is 0.840. The van der Waals surface area contributed by atoms with Crippen molar-refractivity contribution in [3.05, 3.63) is 35.9 Å². The molecule has 1 aliphatic heterocycles. The number of hydrogen-bond acceptors (Lipinski definition) is 4. The van der Waals surface area contributed by atoms with Crippen LogP contribution in [0.25, 0.3) is 0 Å². The fourth-order valence-corrected chi connectivity index (χ4v) is 2.41. The molecule has 1 fully saturated rings. The molecule has 1 heterocycles. The van der Waals surface area contributed by atoms with E-state index in [2.05, 4.69) is 0 Å². The zero-order chi connectivity index (χ0) is 14.4. The zero-order valence-corrected chi connectivity index (χ0v) is 11.3. The summed E-state index contributed by atoms with van der Waals surface area (Å²) in [4.78, 5) is 26.0. The number of amides is 1. The topological polar surface area (TPSA) is 66.8 Å². The lowest BCUT2D eigenvalue weighted by atomic mass is 10.0. The van der Waals surface area contributed by atoms with Crippen molar-refractivity contribution in [2.24, 2.45) is 0 Å². The van der Waals surface area contributed by atoms with Gasteiger partial charge in [0.1, 0.15) is 12.6 Å². The summed E-state index contributed by atoms with van der Waals surface area (Å²) >= 11 is 0. The number of nitrogens with zero attached hydrogens (tertiary/aromatic N) is 1. The first kappa shape index (κ1) is 14.5. The molecule has 0 saturated carbocycles. The molecule has 0 aliphatic carbocycles. The fraction of sp³-hybridized carbons (Fsp3) is 0.467. The zero-order valence-electron chi connectivity index (χ0n) is 11.3. The minimum absolute atomic E-state index is 0.0251. The largest absolute Gasteiger partial charge is 0.462 e. The van der Waals surface area contributed by atoms with Crippen LogP contribution >= 0.6 is 0 Å².